The van der Waals surface area contributed by atoms with E-state index in [4.69, 9.17) is 5.26 Å². The van der Waals surface area contributed by atoms with Crippen molar-refractivity contribution in [2.24, 2.45) is 0 Å². The highest BCUT2D eigenvalue weighted by Crippen LogP contribution is 2.42. The quantitative estimate of drug-likeness (QED) is 0.470. The molecule has 0 aromatic heterocycles. The first-order valence-electron chi connectivity index (χ1n) is 4.80. The molecule has 19 heavy (non-hydrogen) atoms. The zero-order valence-corrected chi connectivity index (χ0v) is 11.9. The normalized spacial score (nSPS) is 10.9. The molecule has 0 bridgehead atoms. The van der Waals surface area contributed by atoms with Gasteiger partial charge in [-0.25, -0.2) is 4.79 Å². The van der Waals surface area contributed by atoms with E-state index < -0.39 is 23.2 Å². The second-order valence-electron chi connectivity index (χ2n) is 3.25. The predicted octanol–water partition coefficient (Wildman–Crippen LogP) is 3.85. The number of alkyl halides is 4. The number of nitrogens with zero attached hydrogens (tertiary/aromatic N) is 1. The van der Waals surface area contributed by atoms with Crippen LogP contribution in [0.25, 0.3) is 0 Å². The average molecular weight is 354 g/mol. The second-order valence-corrected chi connectivity index (χ2v) is 4.89. The van der Waals surface area contributed by atoms with Crippen LogP contribution in [0.15, 0.2) is 17.0 Å². The number of carbonyl (C=O) groups excluding carboxylic acids is 1. The van der Waals surface area contributed by atoms with Crippen molar-refractivity contribution < 1.29 is 22.7 Å². The number of rotatable bonds is 3. The molecule has 0 aliphatic carbocycles. The van der Waals surface area contributed by atoms with E-state index in [9.17, 15) is 18.0 Å². The van der Waals surface area contributed by atoms with Gasteiger partial charge < -0.3 is 4.74 Å². The zero-order chi connectivity index (χ0) is 14.6. The number of methoxy groups -OCH3 is 1. The maximum absolute atomic E-state index is 12.6. The predicted molar refractivity (Wildman–Crippen MR) is 67.0 cm³/mol. The van der Waals surface area contributed by atoms with Gasteiger partial charge in [-0.05, 0) is 29.5 Å². The summed E-state index contributed by atoms with van der Waals surface area (Å²) in [5, 5.41) is 8.91. The maximum Gasteiger partial charge on any atom is 0.446 e. The number of benzene rings is 1. The lowest BCUT2D eigenvalue weighted by Crippen LogP contribution is -2.09. The minimum Gasteiger partial charge on any atom is -0.465 e. The minimum atomic E-state index is -4.56. The minimum absolute atomic E-state index is 0.0269. The number of ether oxygens (including phenoxy) is 1. The van der Waals surface area contributed by atoms with Crippen molar-refractivity contribution in [3.63, 3.8) is 0 Å². The van der Waals surface area contributed by atoms with Crippen LogP contribution in [0.3, 0.4) is 0 Å². The molecule has 0 saturated carbocycles. The molecule has 1 aromatic carbocycles. The summed E-state index contributed by atoms with van der Waals surface area (Å²) in [4.78, 5) is 11.2. The highest BCUT2D eigenvalue weighted by Gasteiger charge is 2.33. The number of esters is 1. The molecule has 1 rings (SSSR count). The van der Waals surface area contributed by atoms with Crippen LogP contribution in [0, 0.1) is 11.3 Å². The van der Waals surface area contributed by atoms with Gasteiger partial charge in [0.2, 0.25) is 0 Å². The Balaban J connectivity index is 3.49. The van der Waals surface area contributed by atoms with Crippen molar-refractivity contribution in [1.29, 1.82) is 5.26 Å². The first kappa shape index (κ1) is 15.9. The van der Waals surface area contributed by atoms with Crippen molar-refractivity contribution in [2.75, 3.05) is 7.11 Å². The van der Waals surface area contributed by atoms with Gasteiger partial charge in [-0.1, -0.05) is 15.9 Å². The Morgan fingerprint density at radius 3 is 2.58 bits per heavy atom. The molecule has 0 amide bonds. The fraction of sp³-hybridized carbons (Fsp3) is 0.273. The van der Waals surface area contributed by atoms with Gasteiger partial charge in [0, 0.05) is 10.2 Å². The maximum atomic E-state index is 12.6. The lowest BCUT2D eigenvalue weighted by atomic mass is 10.1. The van der Waals surface area contributed by atoms with E-state index in [-0.39, 0.29) is 26.9 Å². The number of carbonyl (C=O) groups is 1. The van der Waals surface area contributed by atoms with Crippen LogP contribution in [-0.2, 0) is 10.1 Å². The van der Waals surface area contributed by atoms with Crippen LogP contribution in [0.4, 0.5) is 13.2 Å². The molecule has 0 unspecified atom stereocenters. The highest BCUT2D eigenvalue weighted by atomic mass is 79.9. The van der Waals surface area contributed by atoms with Crippen LogP contribution in [0.1, 0.15) is 21.5 Å². The molecular formula is C11H7BrF3NO2S. The number of thioether (sulfide) groups is 1. The Bertz CT molecular complexity index is 540. The van der Waals surface area contributed by atoms with Crippen molar-refractivity contribution in [1.82, 2.24) is 0 Å². The Morgan fingerprint density at radius 1 is 1.53 bits per heavy atom. The van der Waals surface area contributed by atoms with Crippen LogP contribution in [0.2, 0.25) is 0 Å². The van der Waals surface area contributed by atoms with Crippen LogP contribution in [0.5, 0.6) is 0 Å². The summed E-state index contributed by atoms with van der Waals surface area (Å²) in [5.74, 6) is -0.876. The molecule has 0 aliphatic heterocycles. The van der Waals surface area contributed by atoms with E-state index in [1.54, 1.807) is 6.07 Å². The van der Waals surface area contributed by atoms with Gasteiger partial charge in [-0.3, -0.25) is 0 Å². The van der Waals surface area contributed by atoms with E-state index in [1.807, 2.05) is 0 Å². The van der Waals surface area contributed by atoms with Crippen LogP contribution >= 0.6 is 27.7 Å². The van der Waals surface area contributed by atoms with Crippen molar-refractivity contribution in [2.45, 2.75) is 15.7 Å². The number of nitriles is 1. The Kier molecular flexibility index (Phi) is 5.26. The summed E-state index contributed by atoms with van der Waals surface area (Å²) in [5.41, 5.74) is -4.57. The third kappa shape index (κ3) is 3.88. The number of halogens is 4. The summed E-state index contributed by atoms with van der Waals surface area (Å²) < 4.78 is 42.1. The number of hydrogen-bond donors (Lipinski definition) is 0. The van der Waals surface area contributed by atoms with E-state index in [0.29, 0.717) is 0 Å². The lowest BCUT2D eigenvalue weighted by Gasteiger charge is -2.14. The molecule has 0 spiro atoms. The van der Waals surface area contributed by atoms with E-state index in [1.165, 1.54) is 6.07 Å². The van der Waals surface area contributed by atoms with Gasteiger partial charge in [-0.15, -0.1) is 0 Å². The molecule has 102 valence electrons. The first-order chi connectivity index (χ1) is 8.84. The first-order valence-corrected chi connectivity index (χ1v) is 6.73. The molecule has 1 aromatic rings. The fourth-order valence-electron chi connectivity index (χ4n) is 1.37. The highest BCUT2D eigenvalue weighted by molar-refractivity contribution is 9.08. The van der Waals surface area contributed by atoms with Crippen molar-refractivity contribution in [3.05, 3.63) is 28.8 Å². The lowest BCUT2D eigenvalue weighted by molar-refractivity contribution is -0.0328. The molecule has 0 radical (unpaired) electrons. The smallest absolute Gasteiger partial charge is 0.446 e. The molecule has 0 atom stereocenters. The van der Waals surface area contributed by atoms with E-state index >= 15 is 0 Å². The summed E-state index contributed by atoms with van der Waals surface area (Å²) in [7, 11) is 1.08. The van der Waals surface area contributed by atoms with E-state index in [0.717, 1.165) is 13.2 Å². The standard InChI is InChI=1S/C11H7BrF3NO2S/c1-18-10(17)7-3-2-6(5-16)8(4-12)9(7)19-11(13,14)15/h2-3H,4H2,1H3. The van der Waals surface area contributed by atoms with E-state index in [2.05, 4.69) is 20.7 Å². The molecule has 8 heteroatoms. The molecule has 0 fully saturated rings. The third-order valence-corrected chi connectivity index (χ3v) is 3.60. The molecule has 0 N–H and O–H groups in total. The topological polar surface area (TPSA) is 50.1 Å². The summed E-state index contributed by atoms with van der Waals surface area (Å²) in [6.07, 6.45) is 0. The van der Waals surface area contributed by atoms with Crippen LogP contribution < -0.4 is 0 Å². The Morgan fingerprint density at radius 2 is 2.16 bits per heavy atom. The van der Waals surface area contributed by atoms with Crippen molar-refractivity contribution >= 4 is 33.7 Å². The Labute approximate surface area is 119 Å². The van der Waals surface area contributed by atoms with Crippen LogP contribution in [-0.4, -0.2) is 18.6 Å². The second kappa shape index (κ2) is 6.30. The van der Waals surface area contributed by atoms with Gasteiger partial charge in [0.15, 0.2) is 0 Å². The summed E-state index contributed by atoms with van der Waals surface area (Å²) in [6, 6.07) is 4.25. The van der Waals surface area contributed by atoms with Gasteiger partial charge in [0.05, 0.1) is 24.3 Å². The SMILES string of the molecule is COC(=O)c1ccc(C#N)c(CBr)c1SC(F)(F)F. The molecular weight excluding hydrogens is 347 g/mol. The van der Waals surface area contributed by atoms with Gasteiger partial charge in [0.1, 0.15) is 0 Å². The van der Waals surface area contributed by atoms with Gasteiger partial charge in [-0.2, -0.15) is 18.4 Å². The molecule has 3 nitrogen and oxygen atoms in total. The molecule has 0 saturated heterocycles. The zero-order valence-electron chi connectivity index (χ0n) is 9.55. The average Bonchev–Trinajstić information content (AvgIpc) is 2.35. The van der Waals surface area contributed by atoms with Gasteiger partial charge >= 0.3 is 11.5 Å². The monoisotopic (exact) mass is 353 g/mol. The largest absolute Gasteiger partial charge is 0.465 e. The fourth-order valence-corrected chi connectivity index (χ4v) is 2.93. The van der Waals surface area contributed by atoms with Gasteiger partial charge in [0.25, 0.3) is 0 Å². The Hall–Kier alpha value is -1.20. The molecule has 0 heterocycles. The molecule has 0 aliphatic rings. The summed E-state index contributed by atoms with van der Waals surface area (Å²) >= 11 is 2.60. The third-order valence-electron chi connectivity index (χ3n) is 2.14. The summed E-state index contributed by atoms with van der Waals surface area (Å²) in [6.45, 7) is 0. The number of hydrogen-bond acceptors (Lipinski definition) is 4. The van der Waals surface area contributed by atoms with Crippen molar-refractivity contribution in [3.8, 4) is 6.07 Å².